The quantitative estimate of drug-likeness (QED) is 0.308. The Hall–Kier alpha value is -3.48. The molecule has 1 aromatic heterocycles. The highest BCUT2D eigenvalue weighted by Crippen LogP contribution is 2.42. The van der Waals surface area contributed by atoms with Crippen molar-refractivity contribution >= 4 is 22.6 Å². The molecular weight excluding hydrogens is 326 g/mol. The lowest BCUT2D eigenvalue weighted by Crippen LogP contribution is -2.27. The molecule has 7 heteroatoms. The maximum atomic E-state index is 12.5. The molecule has 0 radical (unpaired) electrons. The van der Waals surface area contributed by atoms with Gasteiger partial charge in [-0.2, -0.15) is 0 Å². The van der Waals surface area contributed by atoms with Gasteiger partial charge >= 0.3 is 11.6 Å². The van der Waals surface area contributed by atoms with E-state index in [4.69, 9.17) is 9.15 Å². The Bertz CT molecular complexity index is 1080. The molecule has 0 bridgehead atoms. The van der Waals surface area contributed by atoms with E-state index in [-0.39, 0.29) is 29.0 Å². The molecule has 25 heavy (non-hydrogen) atoms. The molecule has 1 atom stereocenters. The normalized spacial score (nSPS) is 16.3. The molecule has 1 aliphatic heterocycles. The second-order valence-corrected chi connectivity index (χ2v) is 5.68. The van der Waals surface area contributed by atoms with Crippen molar-refractivity contribution in [1.82, 2.24) is 0 Å². The first-order valence-corrected chi connectivity index (χ1v) is 7.56. The summed E-state index contributed by atoms with van der Waals surface area (Å²) < 4.78 is 10.6. The summed E-state index contributed by atoms with van der Waals surface area (Å²) in [5.41, 5.74) is -0.104. The van der Waals surface area contributed by atoms with Crippen molar-refractivity contribution in [3.63, 3.8) is 0 Å². The van der Waals surface area contributed by atoms with E-state index < -0.39 is 22.4 Å². The molecule has 124 valence electrons. The Balaban J connectivity index is 2.04. The summed E-state index contributed by atoms with van der Waals surface area (Å²) in [6.45, 7) is 0. The van der Waals surface area contributed by atoms with Crippen molar-refractivity contribution in [1.29, 1.82) is 0 Å². The molecule has 7 nitrogen and oxygen atoms in total. The zero-order valence-electron chi connectivity index (χ0n) is 12.8. The topological polar surface area (TPSA) is 99.6 Å². The number of nitro benzene ring substituents is 1. The van der Waals surface area contributed by atoms with Crippen molar-refractivity contribution in [3.8, 4) is 5.75 Å². The summed E-state index contributed by atoms with van der Waals surface area (Å²) in [7, 11) is 0. The van der Waals surface area contributed by atoms with Crippen LogP contribution in [0.3, 0.4) is 0 Å². The average molecular weight is 337 g/mol. The van der Waals surface area contributed by atoms with E-state index in [0.717, 1.165) is 0 Å². The number of hydrogen-bond acceptors (Lipinski definition) is 6. The van der Waals surface area contributed by atoms with Crippen molar-refractivity contribution in [2.45, 2.75) is 12.3 Å². The van der Waals surface area contributed by atoms with Crippen LogP contribution >= 0.6 is 0 Å². The molecule has 0 saturated carbocycles. The van der Waals surface area contributed by atoms with Crippen LogP contribution in [-0.4, -0.2) is 10.9 Å². The number of carbonyl (C=O) groups excluding carboxylic acids is 1. The number of ether oxygens (including phenoxy) is 1. The number of fused-ring (bicyclic) bond motifs is 3. The maximum absolute atomic E-state index is 12.5. The molecule has 1 unspecified atom stereocenters. The Morgan fingerprint density at radius 1 is 1.04 bits per heavy atom. The molecule has 0 spiro atoms. The highest BCUT2D eigenvalue weighted by Gasteiger charge is 2.36. The van der Waals surface area contributed by atoms with Gasteiger partial charge in [-0.25, -0.2) is 4.79 Å². The zero-order valence-corrected chi connectivity index (χ0v) is 12.8. The standard InChI is InChI=1S/C18H11NO6/c20-15-9-12(10-5-1-3-7-13(10)19(22)23)16-17(25-15)11-6-2-4-8-14(11)24-18(16)21/h1-8,12H,9H2. The lowest BCUT2D eigenvalue weighted by Gasteiger charge is -2.24. The Morgan fingerprint density at radius 3 is 2.56 bits per heavy atom. The maximum Gasteiger partial charge on any atom is 0.343 e. The summed E-state index contributed by atoms with van der Waals surface area (Å²) >= 11 is 0. The van der Waals surface area contributed by atoms with E-state index in [2.05, 4.69) is 0 Å². The van der Waals surface area contributed by atoms with E-state index in [9.17, 15) is 19.7 Å². The second-order valence-electron chi connectivity index (χ2n) is 5.68. The van der Waals surface area contributed by atoms with Gasteiger partial charge in [-0.05, 0) is 12.1 Å². The molecule has 4 rings (SSSR count). The third-order valence-corrected chi connectivity index (χ3v) is 4.24. The fourth-order valence-electron chi connectivity index (χ4n) is 3.18. The van der Waals surface area contributed by atoms with Crippen molar-refractivity contribution in [2.75, 3.05) is 0 Å². The van der Waals surface area contributed by atoms with Crippen LogP contribution in [-0.2, 0) is 4.79 Å². The van der Waals surface area contributed by atoms with Gasteiger partial charge in [-0.1, -0.05) is 30.3 Å². The van der Waals surface area contributed by atoms with E-state index in [1.807, 2.05) is 0 Å². The molecule has 3 aromatic rings. The minimum atomic E-state index is -0.793. The van der Waals surface area contributed by atoms with Crippen molar-refractivity contribution < 1.29 is 18.9 Å². The summed E-state index contributed by atoms with van der Waals surface area (Å²) in [6.07, 6.45) is -0.166. The highest BCUT2D eigenvalue weighted by molar-refractivity contribution is 5.90. The molecule has 0 amide bonds. The first-order chi connectivity index (χ1) is 12.1. The summed E-state index contributed by atoms with van der Waals surface area (Å²) in [5.74, 6) is -1.23. The van der Waals surface area contributed by atoms with Crippen molar-refractivity contribution in [3.05, 3.63) is 80.2 Å². The van der Waals surface area contributed by atoms with Gasteiger partial charge in [0.1, 0.15) is 5.58 Å². The lowest BCUT2D eigenvalue weighted by atomic mass is 9.86. The van der Waals surface area contributed by atoms with Gasteiger partial charge in [0.05, 0.1) is 22.3 Å². The van der Waals surface area contributed by atoms with Crippen LogP contribution in [0.25, 0.3) is 11.0 Å². The van der Waals surface area contributed by atoms with E-state index in [1.165, 1.54) is 12.1 Å². The third kappa shape index (κ3) is 2.37. The molecule has 2 heterocycles. The minimum absolute atomic E-state index is 0.117. The third-order valence-electron chi connectivity index (χ3n) is 4.24. The van der Waals surface area contributed by atoms with Crippen LogP contribution in [0.15, 0.2) is 57.7 Å². The molecule has 1 aliphatic rings. The van der Waals surface area contributed by atoms with E-state index in [1.54, 1.807) is 36.4 Å². The smallest absolute Gasteiger partial charge is 0.343 e. The predicted molar refractivity (Wildman–Crippen MR) is 87.7 cm³/mol. The van der Waals surface area contributed by atoms with Gasteiger partial charge in [-0.15, -0.1) is 0 Å². The van der Waals surface area contributed by atoms with Crippen LogP contribution in [0.1, 0.15) is 23.5 Å². The predicted octanol–water partition coefficient (Wildman–Crippen LogP) is 3.14. The number of nitrogens with zero attached hydrogens (tertiary/aromatic N) is 1. The second kappa shape index (κ2) is 5.55. The largest absolute Gasteiger partial charge is 0.425 e. The summed E-state index contributed by atoms with van der Waals surface area (Å²) in [4.78, 5) is 35.5. The van der Waals surface area contributed by atoms with Gasteiger partial charge in [0.25, 0.3) is 5.69 Å². The zero-order chi connectivity index (χ0) is 17.6. The summed E-state index contributed by atoms with van der Waals surface area (Å²) in [6, 6.07) is 12.7. The van der Waals surface area contributed by atoms with Crippen LogP contribution in [0, 0.1) is 10.1 Å². The number of nitro groups is 1. The number of hydrogen-bond donors (Lipinski definition) is 0. The monoisotopic (exact) mass is 337 g/mol. The highest BCUT2D eigenvalue weighted by atomic mass is 16.6. The van der Waals surface area contributed by atoms with Gasteiger partial charge in [0.15, 0.2) is 5.75 Å². The van der Waals surface area contributed by atoms with Crippen molar-refractivity contribution in [2.24, 2.45) is 0 Å². The van der Waals surface area contributed by atoms with E-state index in [0.29, 0.717) is 11.0 Å². The first-order valence-electron chi connectivity index (χ1n) is 7.56. The number of carbonyl (C=O) groups is 1. The number of benzene rings is 2. The van der Waals surface area contributed by atoms with E-state index >= 15 is 0 Å². The van der Waals surface area contributed by atoms with Crippen LogP contribution in [0.4, 0.5) is 5.69 Å². The van der Waals surface area contributed by atoms with Gasteiger partial charge in [0.2, 0.25) is 0 Å². The minimum Gasteiger partial charge on any atom is -0.425 e. The average Bonchev–Trinajstić information content (AvgIpc) is 2.61. The Kier molecular flexibility index (Phi) is 3.35. The number of rotatable bonds is 2. The molecular formula is C18H11NO6. The Morgan fingerprint density at radius 2 is 1.76 bits per heavy atom. The van der Waals surface area contributed by atoms with Crippen LogP contribution in [0.5, 0.6) is 5.75 Å². The van der Waals surface area contributed by atoms with Gasteiger partial charge < -0.3 is 9.15 Å². The lowest BCUT2D eigenvalue weighted by molar-refractivity contribution is -0.385. The molecule has 0 N–H and O–H groups in total. The molecule has 2 aromatic carbocycles. The van der Waals surface area contributed by atoms with Crippen LogP contribution < -0.4 is 10.4 Å². The summed E-state index contributed by atoms with van der Waals surface area (Å²) in [5, 5.41) is 11.8. The Labute approximate surface area is 140 Å². The molecule has 0 saturated heterocycles. The number of esters is 1. The van der Waals surface area contributed by atoms with Gasteiger partial charge in [-0.3, -0.25) is 14.9 Å². The molecule has 0 aliphatic carbocycles. The first kappa shape index (κ1) is 15.1. The number of para-hydroxylation sites is 2. The fourth-order valence-corrected chi connectivity index (χ4v) is 3.18. The SMILES string of the molecule is O=C1CC(c2ccccc2[N+](=O)[O-])c2c(c3ccccc3oc2=O)O1. The van der Waals surface area contributed by atoms with Gasteiger partial charge in [0, 0.05) is 17.5 Å². The van der Waals surface area contributed by atoms with Crippen LogP contribution in [0.2, 0.25) is 0 Å². The fraction of sp³-hybridized carbons (Fsp3) is 0.111. The molecule has 0 fully saturated rings.